The van der Waals surface area contributed by atoms with Crippen LogP contribution in [0.2, 0.25) is 0 Å². The van der Waals surface area contributed by atoms with Gasteiger partial charge in [0.05, 0.1) is 12.2 Å². The number of hydrogen-bond acceptors (Lipinski definition) is 3. The molecule has 4 heteroatoms. The van der Waals surface area contributed by atoms with Crippen LogP contribution in [0.25, 0.3) is 0 Å². The molecule has 0 spiro atoms. The molecule has 2 aliphatic heterocycles. The second kappa shape index (κ2) is 7.59. The lowest BCUT2D eigenvalue weighted by atomic mass is 9.99. The molecule has 122 valence electrons. The van der Waals surface area contributed by atoms with Gasteiger partial charge in [-0.15, -0.1) is 0 Å². The molecule has 2 aliphatic rings. The van der Waals surface area contributed by atoms with Gasteiger partial charge >= 0.3 is 0 Å². The Balaban J connectivity index is 1.98. The molecule has 2 heterocycles. The predicted octanol–water partition coefficient (Wildman–Crippen LogP) is 2.44. The number of rotatable bonds is 6. The number of nitrogens with one attached hydrogen (secondary N) is 1. The van der Waals surface area contributed by atoms with E-state index in [-0.39, 0.29) is 12.2 Å². The average Bonchev–Trinajstić information content (AvgIpc) is 2.84. The van der Waals surface area contributed by atoms with Crippen LogP contribution in [0.3, 0.4) is 0 Å². The zero-order valence-electron chi connectivity index (χ0n) is 14.3. The van der Waals surface area contributed by atoms with Crippen LogP contribution in [-0.2, 0) is 4.79 Å². The van der Waals surface area contributed by atoms with Crippen LogP contribution in [0.4, 0.5) is 0 Å². The molecule has 4 unspecified atom stereocenters. The number of likely N-dealkylation sites (tertiary alicyclic amines) is 1. The number of amides is 1. The smallest absolute Gasteiger partial charge is 0.241 e. The highest BCUT2D eigenvalue weighted by Crippen LogP contribution is 2.22. The van der Waals surface area contributed by atoms with Crippen LogP contribution in [0.5, 0.6) is 0 Å². The summed E-state index contributed by atoms with van der Waals surface area (Å²) in [4.78, 5) is 17.4. The molecule has 1 amide bonds. The Morgan fingerprint density at radius 3 is 2.43 bits per heavy atom. The van der Waals surface area contributed by atoms with E-state index in [9.17, 15) is 4.79 Å². The van der Waals surface area contributed by atoms with Gasteiger partial charge in [0.15, 0.2) is 0 Å². The standard InChI is InChI=1S/C17H33N3O/c1-5-13(3)16-17(21)20(15(6-2)18-16)12-14(4)19-10-8-7-9-11-19/h13-16,18H,5-12H2,1-4H3. The van der Waals surface area contributed by atoms with Gasteiger partial charge in [0.25, 0.3) is 0 Å². The maximum absolute atomic E-state index is 12.7. The van der Waals surface area contributed by atoms with Crippen molar-refractivity contribution in [1.29, 1.82) is 0 Å². The van der Waals surface area contributed by atoms with Gasteiger partial charge in [0.2, 0.25) is 5.91 Å². The third-order valence-corrected chi connectivity index (χ3v) is 5.37. The van der Waals surface area contributed by atoms with Crippen LogP contribution in [0, 0.1) is 5.92 Å². The normalized spacial score (nSPS) is 30.7. The quantitative estimate of drug-likeness (QED) is 0.817. The molecular weight excluding hydrogens is 262 g/mol. The Kier molecular flexibility index (Phi) is 6.06. The average molecular weight is 295 g/mol. The summed E-state index contributed by atoms with van der Waals surface area (Å²) in [6.07, 6.45) is 6.25. The molecule has 4 atom stereocenters. The van der Waals surface area contributed by atoms with E-state index in [0.717, 1.165) is 19.4 Å². The van der Waals surface area contributed by atoms with E-state index in [0.29, 0.717) is 17.9 Å². The second-order valence-electron chi connectivity index (χ2n) is 6.89. The lowest BCUT2D eigenvalue weighted by Gasteiger charge is -2.36. The summed E-state index contributed by atoms with van der Waals surface area (Å²) < 4.78 is 0. The maximum Gasteiger partial charge on any atom is 0.241 e. The van der Waals surface area contributed by atoms with Gasteiger partial charge in [-0.05, 0) is 45.2 Å². The van der Waals surface area contributed by atoms with E-state index in [1.165, 1.54) is 32.4 Å². The van der Waals surface area contributed by atoms with Gasteiger partial charge in [-0.2, -0.15) is 0 Å². The third-order valence-electron chi connectivity index (χ3n) is 5.37. The van der Waals surface area contributed by atoms with Crippen molar-refractivity contribution in [3.05, 3.63) is 0 Å². The third kappa shape index (κ3) is 3.78. The lowest BCUT2D eigenvalue weighted by molar-refractivity contribution is -0.131. The number of hydrogen-bond donors (Lipinski definition) is 1. The Morgan fingerprint density at radius 2 is 1.86 bits per heavy atom. The van der Waals surface area contributed by atoms with E-state index < -0.39 is 0 Å². The van der Waals surface area contributed by atoms with Crippen LogP contribution in [-0.4, -0.2) is 53.6 Å². The fourth-order valence-electron chi connectivity index (χ4n) is 3.66. The van der Waals surface area contributed by atoms with Gasteiger partial charge in [-0.3, -0.25) is 15.0 Å². The fourth-order valence-corrected chi connectivity index (χ4v) is 3.66. The fraction of sp³-hybridized carbons (Fsp3) is 0.941. The molecule has 2 saturated heterocycles. The number of nitrogens with zero attached hydrogens (tertiary/aromatic N) is 2. The van der Waals surface area contributed by atoms with Crippen molar-refractivity contribution in [3.63, 3.8) is 0 Å². The summed E-state index contributed by atoms with van der Waals surface area (Å²) in [6.45, 7) is 12.1. The minimum absolute atomic E-state index is 0.0218. The van der Waals surface area contributed by atoms with Crippen molar-refractivity contribution in [2.24, 2.45) is 5.92 Å². The minimum Gasteiger partial charge on any atom is -0.324 e. The SMILES string of the molecule is CCC(C)C1NC(CC)N(CC(C)N2CCCCC2)C1=O. The first-order valence-corrected chi connectivity index (χ1v) is 8.89. The molecule has 0 aromatic carbocycles. The Labute approximate surface area is 130 Å². The Bertz CT molecular complexity index is 341. The van der Waals surface area contributed by atoms with Crippen molar-refractivity contribution in [3.8, 4) is 0 Å². The molecule has 0 aromatic rings. The second-order valence-corrected chi connectivity index (χ2v) is 6.89. The van der Waals surface area contributed by atoms with Crippen LogP contribution < -0.4 is 5.32 Å². The zero-order valence-corrected chi connectivity index (χ0v) is 14.3. The molecule has 0 radical (unpaired) electrons. The zero-order chi connectivity index (χ0) is 15.4. The van der Waals surface area contributed by atoms with Gasteiger partial charge in [0.1, 0.15) is 0 Å². The van der Waals surface area contributed by atoms with Crippen LogP contribution >= 0.6 is 0 Å². The molecule has 0 aromatic heterocycles. The van der Waals surface area contributed by atoms with Gasteiger partial charge in [-0.25, -0.2) is 0 Å². The summed E-state index contributed by atoms with van der Waals surface area (Å²) in [7, 11) is 0. The van der Waals surface area contributed by atoms with Gasteiger partial charge < -0.3 is 4.90 Å². The van der Waals surface area contributed by atoms with Gasteiger partial charge in [-0.1, -0.05) is 33.6 Å². The summed E-state index contributed by atoms with van der Waals surface area (Å²) in [5.41, 5.74) is 0. The molecular formula is C17H33N3O. The van der Waals surface area contributed by atoms with Crippen LogP contribution in [0.15, 0.2) is 0 Å². The first kappa shape index (κ1) is 16.8. The predicted molar refractivity (Wildman–Crippen MR) is 87.1 cm³/mol. The van der Waals surface area contributed by atoms with Gasteiger partial charge in [0, 0.05) is 12.6 Å². The van der Waals surface area contributed by atoms with E-state index in [4.69, 9.17) is 0 Å². The first-order chi connectivity index (χ1) is 10.1. The van der Waals surface area contributed by atoms with Crippen molar-refractivity contribution in [1.82, 2.24) is 15.1 Å². The molecule has 0 aliphatic carbocycles. The van der Waals surface area contributed by atoms with E-state index in [1.54, 1.807) is 0 Å². The lowest BCUT2D eigenvalue weighted by Crippen LogP contribution is -2.48. The van der Waals surface area contributed by atoms with Crippen molar-refractivity contribution in [2.45, 2.75) is 78.0 Å². The minimum atomic E-state index is 0.0218. The number of piperidine rings is 1. The molecule has 2 rings (SSSR count). The topological polar surface area (TPSA) is 35.6 Å². The number of carbonyl (C=O) groups is 1. The highest BCUT2D eigenvalue weighted by molar-refractivity contribution is 5.84. The van der Waals surface area contributed by atoms with E-state index in [2.05, 4.69) is 42.8 Å². The molecule has 21 heavy (non-hydrogen) atoms. The summed E-state index contributed by atoms with van der Waals surface area (Å²) in [5, 5.41) is 3.56. The molecule has 2 fully saturated rings. The number of carbonyl (C=O) groups excluding carboxylic acids is 1. The maximum atomic E-state index is 12.7. The molecule has 1 N–H and O–H groups in total. The largest absolute Gasteiger partial charge is 0.324 e. The Hall–Kier alpha value is -0.610. The highest BCUT2D eigenvalue weighted by atomic mass is 16.2. The summed E-state index contributed by atoms with van der Waals surface area (Å²) in [6, 6.07) is 0.495. The van der Waals surface area contributed by atoms with Crippen molar-refractivity contribution in [2.75, 3.05) is 19.6 Å². The molecule has 4 nitrogen and oxygen atoms in total. The summed E-state index contributed by atoms with van der Waals surface area (Å²) in [5.74, 6) is 0.738. The van der Waals surface area contributed by atoms with Crippen molar-refractivity contribution >= 4 is 5.91 Å². The first-order valence-electron chi connectivity index (χ1n) is 8.89. The highest BCUT2D eigenvalue weighted by Gasteiger charge is 2.40. The van der Waals surface area contributed by atoms with Crippen molar-refractivity contribution < 1.29 is 4.79 Å². The van der Waals surface area contributed by atoms with E-state index >= 15 is 0 Å². The van der Waals surface area contributed by atoms with Crippen LogP contribution in [0.1, 0.15) is 59.8 Å². The Morgan fingerprint density at radius 1 is 1.19 bits per heavy atom. The molecule has 0 bridgehead atoms. The monoisotopic (exact) mass is 295 g/mol. The summed E-state index contributed by atoms with van der Waals surface area (Å²) >= 11 is 0. The molecule has 0 saturated carbocycles. The van der Waals surface area contributed by atoms with E-state index in [1.807, 2.05) is 0 Å².